The van der Waals surface area contributed by atoms with Crippen molar-refractivity contribution in [3.8, 4) is 0 Å². The molecule has 4 aliphatic carbocycles. The second kappa shape index (κ2) is 8.42. The Morgan fingerprint density at radius 3 is 2.53 bits per heavy atom. The van der Waals surface area contributed by atoms with Crippen molar-refractivity contribution in [1.29, 1.82) is 0 Å². The summed E-state index contributed by atoms with van der Waals surface area (Å²) >= 11 is 0. The van der Waals surface area contributed by atoms with Crippen molar-refractivity contribution < 1.29 is 29.0 Å². The molecule has 0 spiro atoms. The summed E-state index contributed by atoms with van der Waals surface area (Å²) in [6, 6.07) is 0. The summed E-state index contributed by atoms with van der Waals surface area (Å²) in [5.41, 5.74) is 0.801. The van der Waals surface area contributed by atoms with Crippen LogP contribution in [0.4, 0.5) is 0 Å². The average Bonchev–Trinajstić information content (AvgIpc) is 3.06. The van der Waals surface area contributed by atoms with Crippen molar-refractivity contribution in [3.63, 3.8) is 0 Å². The van der Waals surface area contributed by atoms with Crippen LogP contribution in [0.25, 0.3) is 0 Å². The number of ether oxygens (including phenoxy) is 1. The Balaban J connectivity index is 1.61. The highest BCUT2D eigenvalue weighted by Gasteiger charge is 2.61. The van der Waals surface area contributed by atoms with Gasteiger partial charge >= 0.3 is 11.9 Å². The van der Waals surface area contributed by atoms with Gasteiger partial charge in [0.05, 0.1) is 0 Å². The fourth-order valence-corrected chi connectivity index (χ4v) is 7.96. The number of carbonyl (C=O) groups excluding carboxylic acids is 3. The number of carboxylic acid groups (broad SMARTS) is 1. The first kappa shape index (κ1) is 23.2. The number of esters is 1. The molecular weight excluding hydrogens is 408 g/mol. The molecule has 4 aliphatic rings. The van der Waals surface area contributed by atoms with E-state index in [1.165, 1.54) is 0 Å². The van der Waals surface area contributed by atoms with Gasteiger partial charge in [0.25, 0.3) is 0 Å². The Labute approximate surface area is 190 Å². The van der Waals surface area contributed by atoms with Crippen molar-refractivity contribution in [2.45, 2.75) is 91.1 Å². The minimum absolute atomic E-state index is 0.00507. The molecule has 0 heterocycles. The van der Waals surface area contributed by atoms with Gasteiger partial charge in [-0.1, -0.05) is 13.8 Å². The van der Waals surface area contributed by atoms with Crippen molar-refractivity contribution in [2.75, 3.05) is 0 Å². The summed E-state index contributed by atoms with van der Waals surface area (Å²) in [6.45, 7) is 6.26. The van der Waals surface area contributed by atoms with Gasteiger partial charge < -0.3 is 9.84 Å². The first-order chi connectivity index (χ1) is 15.1. The summed E-state index contributed by atoms with van der Waals surface area (Å²) in [6.07, 6.45) is 7.65. The number of hydrogen-bond acceptors (Lipinski definition) is 5. The monoisotopic (exact) mass is 444 g/mol. The van der Waals surface area contributed by atoms with Crippen LogP contribution >= 0.6 is 0 Å². The third-order valence-electron chi connectivity index (χ3n) is 9.49. The molecule has 0 aromatic carbocycles. The smallest absolute Gasteiger partial charge is 0.306 e. The van der Waals surface area contributed by atoms with E-state index >= 15 is 0 Å². The van der Waals surface area contributed by atoms with Crippen LogP contribution in [0.1, 0.15) is 85.0 Å². The minimum atomic E-state index is -0.922. The second-order valence-electron chi connectivity index (χ2n) is 11.1. The van der Waals surface area contributed by atoms with Crippen molar-refractivity contribution in [2.24, 2.45) is 34.5 Å². The average molecular weight is 445 g/mol. The lowest BCUT2D eigenvalue weighted by molar-refractivity contribution is -0.156. The van der Waals surface area contributed by atoms with E-state index in [9.17, 15) is 19.2 Å². The van der Waals surface area contributed by atoms with Crippen molar-refractivity contribution in [3.05, 3.63) is 11.6 Å². The van der Waals surface area contributed by atoms with Gasteiger partial charge in [-0.2, -0.15) is 0 Å². The maximum absolute atomic E-state index is 12.6. The van der Waals surface area contributed by atoms with Gasteiger partial charge in [0.1, 0.15) is 11.9 Å². The summed E-state index contributed by atoms with van der Waals surface area (Å²) < 4.78 is 5.94. The molecule has 3 fully saturated rings. The lowest BCUT2D eigenvalue weighted by Crippen LogP contribution is -2.54. The number of hydrogen-bond donors (Lipinski definition) is 1. The van der Waals surface area contributed by atoms with Crippen LogP contribution < -0.4 is 0 Å². The summed E-state index contributed by atoms with van der Waals surface area (Å²) in [5, 5.41) is 8.84. The van der Waals surface area contributed by atoms with E-state index in [4.69, 9.17) is 9.84 Å². The zero-order valence-electron chi connectivity index (χ0n) is 19.5. The third-order valence-corrected chi connectivity index (χ3v) is 9.49. The van der Waals surface area contributed by atoms with Crippen LogP contribution in [-0.2, 0) is 23.9 Å². The highest BCUT2D eigenvalue weighted by molar-refractivity contribution is 5.92. The lowest BCUT2D eigenvalue weighted by atomic mass is 9.46. The molecule has 0 radical (unpaired) electrons. The van der Waals surface area contributed by atoms with E-state index in [0.29, 0.717) is 36.4 Å². The van der Waals surface area contributed by atoms with E-state index < -0.39 is 12.1 Å². The third kappa shape index (κ3) is 3.84. The van der Waals surface area contributed by atoms with Crippen molar-refractivity contribution >= 4 is 23.5 Å². The van der Waals surface area contributed by atoms with E-state index in [2.05, 4.69) is 13.8 Å². The van der Waals surface area contributed by atoms with Gasteiger partial charge in [-0.15, -0.1) is 0 Å². The molecule has 3 saturated carbocycles. The number of carboxylic acids is 1. The Morgan fingerprint density at radius 1 is 1.09 bits per heavy atom. The zero-order valence-corrected chi connectivity index (χ0v) is 19.5. The molecule has 0 aliphatic heterocycles. The molecule has 4 rings (SSSR count). The predicted molar refractivity (Wildman–Crippen MR) is 118 cm³/mol. The molecule has 0 amide bonds. The molecule has 6 nitrogen and oxygen atoms in total. The molecule has 1 unspecified atom stereocenters. The predicted octanol–water partition coefficient (Wildman–Crippen LogP) is 4.50. The van der Waals surface area contributed by atoms with E-state index in [0.717, 1.165) is 37.7 Å². The summed E-state index contributed by atoms with van der Waals surface area (Å²) in [7, 11) is 0. The van der Waals surface area contributed by atoms with Crippen LogP contribution in [0.3, 0.4) is 0 Å². The molecular formula is C26H36O6. The standard InChI is InChI=1S/C26H36O6/c1-15(27)18-7-8-19-17-14-22(32-24(31)6-4-5-23(29)30)21-13-16(28)9-11-26(21,3)20(17)10-12-25(18,19)2/h13,17-20,22H,4-12,14H2,1-3H3,(H,29,30)/t17-,18+,19-,20-,22?,25+,26+/m0/s1. The molecule has 0 aromatic rings. The van der Waals surface area contributed by atoms with Gasteiger partial charge in [-0.05, 0) is 92.1 Å². The Hall–Kier alpha value is -1.98. The van der Waals surface area contributed by atoms with Crippen LogP contribution in [0.15, 0.2) is 11.6 Å². The highest BCUT2D eigenvalue weighted by Crippen LogP contribution is 2.67. The number of rotatable bonds is 6. The van der Waals surface area contributed by atoms with Crippen LogP contribution in [-0.4, -0.2) is 34.7 Å². The van der Waals surface area contributed by atoms with Gasteiger partial charge in [-0.25, -0.2) is 0 Å². The molecule has 0 saturated heterocycles. The number of carbonyl (C=O) groups is 4. The number of ketones is 2. The van der Waals surface area contributed by atoms with Gasteiger partial charge in [0.15, 0.2) is 5.78 Å². The zero-order chi connectivity index (χ0) is 23.3. The Bertz CT molecular complexity index is 858. The van der Waals surface area contributed by atoms with Crippen LogP contribution in [0.2, 0.25) is 0 Å². The van der Waals surface area contributed by atoms with Crippen LogP contribution in [0.5, 0.6) is 0 Å². The first-order valence-electron chi connectivity index (χ1n) is 12.2. The molecule has 7 atom stereocenters. The van der Waals surface area contributed by atoms with Gasteiger partial charge in [0, 0.05) is 25.2 Å². The summed E-state index contributed by atoms with van der Waals surface area (Å²) in [4.78, 5) is 48.1. The maximum atomic E-state index is 12.6. The maximum Gasteiger partial charge on any atom is 0.306 e. The molecule has 6 heteroatoms. The SMILES string of the molecule is CC(=O)[C@H]1CC[C@H]2[C@@H]3CC(OC(=O)CCCC(=O)O)C4=CC(=O)CC[C@]4(C)[C@H]3CC[C@]12C. The second-order valence-corrected chi connectivity index (χ2v) is 11.1. The van der Waals surface area contributed by atoms with E-state index in [1.807, 2.05) is 0 Å². The fraction of sp³-hybridized carbons (Fsp3) is 0.769. The van der Waals surface area contributed by atoms with Gasteiger partial charge in [0.2, 0.25) is 0 Å². The number of aliphatic carboxylic acids is 1. The van der Waals surface area contributed by atoms with E-state index in [-0.39, 0.29) is 47.8 Å². The number of fused-ring (bicyclic) bond motifs is 5. The molecule has 1 N–H and O–H groups in total. The highest BCUT2D eigenvalue weighted by atomic mass is 16.5. The topological polar surface area (TPSA) is 97.7 Å². The molecule has 0 bridgehead atoms. The van der Waals surface area contributed by atoms with Crippen molar-refractivity contribution in [1.82, 2.24) is 0 Å². The first-order valence-corrected chi connectivity index (χ1v) is 12.2. The number of Topliss-reactive ketones (excluding diaryl/α,β-unsaturated/α-hetero) is 1. The quantitative estimate of drug-likeness (QED) is 0.606. The molecule has 0 aromatic heterocycles. The van der Waals surface area contributed by atoms with E-state index in [1.54, 1.807) is 13.0 Å². The molecule has 176 valence electrons. The fourth-order valence-electron chi connectivity index (χ4n) is 7.96. The van der Waals surface area contributed by atoms with Gasteiger partial charge in [-0.3, -0.25) is 19.2 Å². The Morgan fingerprint density at radius 2 is 1.84 bits per heavy atom. The minimum Gasteiger partial charge on any atom is -0.481 e. The Kier molecular flexibility index (Phi) is 6.10. The summed E-state index contributed by atoms with van der Waals surface area (Å²) in [5.74, 6) is 0.430. The molecule has 32 heavy (non-hydrogen) atoms. The lowest BCUT2D eigenvalue weighted by Gasteiger charge is -2.59. The largest absolute Gasteiger partial charge is 0.481 e. The van der Waals surface area contributed by atoms with Crippen LogP contribution in [0, 0.1) is 34.5 Å². The normalized spacial score (nSPS) is 40.5.